The number of carbonyl (C=O) groups is 1. The van der Waals surface area contributed by atoms with Gasteiger partial charge in [0.1, 0.15) is 5.75 Å². The van der Waals surface area contributed by atoms with Crippen molar-refractivity contribution in [3.63, 3.8) is 0 Å². The molecule has 2 aliphatic rings. The minimum Gasteiger partial charge on any atom is -0.465 e. The third-order valence-corrected chi connectivity index (χ3v) is 5.24. The Labute approximate surface area is 164 Å². The molecule has 0 bridgehead atoms. The van der Waals surface area contributed by atoms with Gasteiger partial charge in [-0.3, -0.25) is 4.79 Å². The van der Waals surface area contributed by atoms with E-state index in [1.807, 2.05) is 6.92 Å². The maximum absolute atomic E-state index is 12.0. The summed E-state index contributed by atoms with van der Waals surface area (Å²) in [6, 6.07) is 3.44. The molecule has 0 aromatic heterocycles. The van der Waals surface area contributed by atoms with Crippen LogP contribution in [0, 0.1) is 11.8 Å². The van der Waals surface area contributed by atoms with E-state index in [0.717, 1.165) is 43.3 Å². The van der Waals surface area contributed by atoms with E-state index in [0.29, 0.717) is 40.8 Å². The van der Waals surface area contributed by atoms with E-state index in [1.54, 1.807) is 12.1 Å². The highest BCUT2D eigenvalue weighted by molar-refractivity contribution is 6.36. The lowest BCUT2D eigenvalue weighted by atomic mass is 9.89. The molecule has 0 radical (unpaired) electrons. The van der Waals surface area contributed by atoms with Gasteiger partial charge in [0.05, 0.1) is 22.2 Å². The average Bonchev–Trinajstić information content (AvgIpc) is 2.62. The van der Waals surface area contributed by atoms with E-state index >= 15 is 0 Å². The maximum atomic E-state index is 12.0. The number of benzene rings is 1. The minimum absolute atomic E-state index is 0.205. The molecule has 1 heterocycles. The predicted molar refractivity (Wildman–Crippen MR) is 104 cm³/mol. The van der Waals surface area contributed by atoms with Crippen LogP contribution in [0.1, 0.15) is 57.4 Å². The van der Waals surface area contributed by atoms with Crippen molar-refractivity contribution >= 4 is 29.0 Å². The van der Waals surface area contributed by atoms with Crippen LogP contribution in [0.4, 0.5) is 0 Å². The molecular weight excluding hydrogens is 371 g/mol. The molecule has 0 saturated carbocycles. The SMILES string of the molecule is CCC1=C(C#Cc2c(Cl)cc(OC3CCCCO3)cc2Cl)CCCC1=O. The van der Waals surface area contributed by atoms with E-state index < -0.39 is 0 Å². The molecule has 1 aliphatic carbocycles. The first-order valence-corrected chi connectivity index (χ1v) is 9.88. The highest BCUT2D eigenvalue weighted by Crippen LogP contribution is 2.32. The van der Waals surface area contributed by atoms with Crippen molar-refractivity contribution in [3.8, 4) is 17.6 Å². The van der Waals surface area contributed by atoms with Crippen LogP contribution in [-0.4, -0.2) is 18.7 Å². The monoisotopic (exact) mass is 392 g/mol. The van der Waals surface area contributed by atoms with Crippen LogP contribution in [0.2, 0.25) is 10.0 Å². The third kappa shape index (κ3) is 4.62. The zero-order valence-electron chi connectivity index (χ0n) is 14.9. The summed E-state index contributed by atoms with van der Waals surface area (Å²) in [6.45, 7) is 2.70. The van der Waals surface area contributed by atoms with E-state index in [-0.39, 0.29) is 12.1 Å². The summed E-state index contributed by atoms with van der Waals surface area (Å²) in [6.07, 6.45) is 5.76. The Balaban J connectivity index is 1.82. The Bertz CT molecular complexity index is 757. The van der Waals surface area contributed by atoms with Crippen molar-refractivity contribution in [1.82, 2.24) is 0 Å². The van der Waals surface area contributed by atoms with Crippen molar-refractivity contribution in [2.24, 2.45) is 0 Å². The fourth-order valence-electron chi connectivity index (χ4n) is 3.28. The van der Waals surface area contributed by atoms with Gasteiger partial charge >= 0.3 is 0 Å². The molecule has 5 heteroatoms. The first-order valence-electron chi connectivity index (χ1n) is 9.13. The summed E-state index contributed by atoms with van der Waals surface area (Å²) in [5, 5.41) is 0.883. The minimum atomic E-state index is -0.252. The van der Waals surface area contributed by atoms with Crippen LogP contribution in [0.25, 0.3) is 0 Å². The number of allylic oxidation sites excluding steroid dienone is 2. The standard InChI is InChI=1S/C21H22Cl2O3/c1-2-16-14(6-5-7-20(16)24)9-10-17-18(22)12-15(13-19(17)23)26-21-8-3-4-11-25-21/h12-13,21H,2-8,11H2,1H3. The fraction of sp³-hybridized carbons (Fsp3) is 0.476. The molecule has 1 aromatic rings. The Morgan fingerprint density at radius 1 is 1.15 bits per heavy atom. The molecule has 0 N–H and O–H groups in total. The van der Waals surface area contributed by atoms with Gasteiger partial charge < -0.3 is 9.47 Å². The number of ketones is 1. The number of Topliss-reactive ketones (excluding diaryl/α,β-unsaturated/α-hetero) is 1. The Kier molecular flexibility index (Phi) is 6.64. The molecule has 1 aliphatic heterocycles. The predicted octanol–water partition coefficient (Wildman–Crippen LogP) is 5.71. The number of hydrogen-bond acceptors (Lipinski definition) is 3. The number of rotatable bonds is 3. The average molecular weight is 393 g/mol. The smallest absolute Gasteiger partial charge is 0.199 e. The van der Waals surface area contributed by atoms with Gasteiger partial charge in [-0.05, 0) is 32.1 Å². The van der Waals surface area contributed by atoms with E-state index in [2.05, 4.69) is 11.8 Å². The molecule has 1 saturated heterocycles. The van der Waals surface area contributed by atoms with Gasteiger partial charge in [-0.15, -0.1) is 0 Å². The van der Waals surface area contributed by atoms with E-state index in [1.165, 1.54) is 0 Å². The molecule has 1 atom stereocenters. The van der Waals surface area contributed by atoms with E-state index in [4.69, 9.17) is 32.7 Å². The summed E-state index contributed by atoms with van der Waals surface area (Å²) in [4.78, 5) is 12.0. The highest BCUT2D eigenvalue weighted by Gasteiger charge is 2.19. The summed E-state index contributed by atoms with van der Waals surface area (Å²) in [5.41, 5.74) is 2.31. The van der Waals surface area contributed by atoms with Crippen LogP contribution in [0.15, 0.2) is 23.3 Å². The summed E-state index contributed by atoms with van der Waals surface area (Å²) >= 11 is 12.8. The van der Waals surface area contributed by atoms with Crippen molar-refractivity contribution in [3.05, 3.63) is 38.9 Å². The van der Waals surface area contributed by atoms with Crippen molar-refractivity contribution in [2.45, 2.75) is 58.2 Å². The second-order valence-corrected chi connectivity index (χ2v) is 7.33. The maximum Gasteiger partial charge on any atom is 0.199 e. The lowest BCUT2D eigenvalue weighted by Gasteiger charge is -2.23. The van der Waals surface area contributed by atoms with Gasteiger partial charge in [-0.2, -0.15) is 0 Å². The van der Waals surface area contributed by atoms with Gasteiger partial charge in [0.2, 0.25) is 0 Å². The van der Waals surface area contributed by atoms with Gasteiger partial charge in [-0.25, -0.2) is 0 Å². The second-order valence-electron chi connectivity index (χ2n) is 6.51. The third-order valence-electron chi connectivity index (χ3n) is 4.64. The summed E-state index contributed by atoms with van der Waals surface area (Å²) < 4.78 is 11.4. The van der Waals surface area contributed by atoms with E-state index in [9.17, 15) is 4.79 Å². The fourth-order valence-corrected chi connectivity index (χ4v) is 3.84. The number of ether oxygens (including phenoxy) is 2. The van der Waals surface area contributed by atoms with Crippen molar-refractivity contribution in [1.29, 1.82) is 0 Å². The lowest BCUT2D eigenvalue weighted by molar-refractivity contribution is -0.116. The molecule has 1 unspecified atom stereocenters. The molecule has 26 heavy (non-hydrogen) atoms. The zero-order chi connectivity index (χ0) is 18.5. The molecule has 3 rings (SSSR count). The van der Waals surface area contributed by atoms with Crippen LogP contribution in [0.3, 0.4) is 0 Å². The quantitative estimate of drug-likeness (QED) is 0.617. The zero-order valence-corrected chi connectivity index (χ0v) is 16.4. The summed E-state index contributed by atoms with van der Waals surface area (Å²) in [5.74, 6) is 6.97. The van der Waals surface area contributed by atoms with Gasteiger partial charge in [-0.1, -0.05) is 42.0 Å². The second kappa shape index (κ2) is 8.95. The highest BCUT2D eigenvalue weighted by atomic mass is 35.5. The topological polar surface area (TPSA) is 35.5 Å². The molecule has 1 aromatic carbocycles. The number of halogens is 2. The summed E-state index contributed by atoms with van der Waals surface area (Å²) in [7, 11) is 0. The van der Waals surface area contributed by atoms with Crippen molar-refractivity contribution in [2.75, 3.05) is 6.61 Å². The lowest BCUT2D eigenvalue weighted by Crippen LogP contribution is -2.24. The molecular formula is C21H22Cl2O3. The van der Waals surface area contributed by atoms with Crippen LogP contribution >= 0.6 is 23.2 Å². The number of carbonyl (C=O) groups excluding carboxylic acids is 1. The molecule has 0 amide bonds. The van der Waals surface area contributed by atoms with Gasteiger partial charge in [0.15, 0.2) is 12.1 Å². The Morgan fingerprint density at radius 2 is 1.92 bits per heavy atom. The molecule has 1 fully saturated rings. The largest absolute Gasteiger partial charge is 0.465 e. The normalized spacial score (nSPS) is 20.6. The Hall–Kier alpha value is -1.47. The molecule has 0 spiro atoms. The van der Waals surface area contributed by atoms with Crippen molar-refractivity contribution < 1.29 is 14.3 Å². The van der Waals surface area contributed by atoms with Gasteiger partial charge in [0.25, 0.3) is 0 Å². The van der Waals surface area contributed by atoms with Crippen LogP contribution in [0.5, 0.6) is 5.75 Å². The van der Waals surface area contributed by atoms with Gasteiger partial charge in [0, 0.05) is 36.1 Å². The molecule has 3 nitrogen and oxygen atoms in total. The first-order chi connectivity index (χ1) is 12.6. The first kappa shape index (κ1) is 19.3. The molecule has 138 valence electrons. The number of hydrogen-bond donors (Lipinski definition) is 0. The Morgan fingerprint density at radius 3 is 2.58 bits per heavy atom. The van der Waals surface area contributed by atoms with Crippen LogP contribution < -0.4 is 4.74 Å². The van der Waals surface area contributed by atoms with Crippen LogP contribution in [-0.2, 0) is 9.53 Å².